The van der Waals surface area contributed by atoms with Crippen LogP contribution >= 0.6 is 11.8 Å². The Morgan fingerprint density at radius 1 is 1.07 bits per heavy atom. The highest BCUT2D eigenvalue weighted by atomic mass is 32.2. The number of amides is 2. The Balaban J connectivity index is 1.77. The van der Waals surface area contributed by atoms with Crippen LogP contribution in [0.25, 0.3) is 0 Å². The number of aryl methyl sites for hydroxylation is 2. The van der Waals surface area contributed by atoms with E-state index in [2.05, 4.69) is 15.8 Å². The fourth-order valence-electron chi connectivity index (χ4n) is 2.72. The van der Waals surface area contributed by atoms with Crippen LogP contribution in [-0.2, 0) is 5.75 Å². The van der Waals surface area contributed by atoms with Crippen LogP contribution < -0.4 is 10.6 Å². The predicted octanol–water partition coefficient (Wildman–Crippen LogP) is 4.20. The van der Waals surface area contributed by atoms with Gasteiger partial charge in [0.1, 0.15) is 5.76 Å². The summed E-state index contributed by atoms with van der Waals surface area (Å²) in [4.78, 5) is 25.5. The van der Waals surface area contributed by atoms with Gasteiger partial charge in [-0.05, 0) is 44.2 Å². The van der Waals surface area contributed by atoms with Crippen LogP contribution in [0, 0.1) is 13.8 Å². The first kappa shape index (κ1) is 19.7. The molecule has 0 aliphatic carbocycles. The smallest absolute Gasteiger partial charge is 0.256 e. The van der Waals surface area contributed by atoms with E-state index < -0.39 is 0 Å². The van der Waals surface area contributed by atoms with Crippen molar-refractivity contribution in [2.75, 3.05) is 12.4 Å². The van der Waals surface area contributed by atoms with Crippen LogP contribution in [0.5, 0.6) is 0 Å². The maximum absolute atomic E-state index is 12.8. The molecule has 28 heavy (non-hydrogen) atoms. The third kappa shape index (κ3) is 4.43. The zero-order valence-electron chi connectivity index (χ0n) is 15.9. The molecule has 0 unspecified atom stereocenters. The molecule has 144 valence electrons. The Bertz CT molecular complexity index is 994. The average molecular weight is 395 g/mol. The van der Waals surface area contributed by atoms with E-state index in [0.717, 1.165) is 21.9 Å². The van der Waals surface area contributed by atoms with Gasteiger partial charge in [0, 0.05) is 34.5 Å². The van der Waals surface area contributed by atoms with Gasteiger partial charge in [0.05, 0.1) is 11.3 Å². The molecule has 0 aliphatic heterocycles. The molecule has 2 N–H and O–H groups in total. The Hall–Kier alpha value is -3.06. The van der Waals surface area contributed by atoms with Crippen molar-refractivity contribution in [2.45, 2.75) is 24.5 Å². The number of anilines is 1. The third-order valence-corrected chi connectivity index (χ3v) is 5.39. The fraction of sp³-hybridized carbons (Fsp3) is 0.190. The van der Waals surface area contributed by atoms with E-state index in [9.17, 15) is 9.59 Å². The molecule has 0 aliphatic rings. The Morgan fingerprint density at radius 3 is 2.57 bits per heavy atom. The van der Waals surface area contributed by atoms with E-state index in [1.54, 1.807) is 49.1 Å². The molecular formula is C21H21N3O3S. The molecule has 0 spiro atoms. The van der Waals surface area contributed by atoms with Crippen LogP contribution in [0.1, 0.15) is 37.7 Å². The first-order valence-electron chi connectivity index (χ1n) is 8.76. The minimum Gasteiger partial charge on any atom is -0.361 e. The molecule has 2 amide bonds. The molecule has 0 fully saturated rings. The number of nitrogens with zero attached hydrogens (tertiary/aromatic N) is 1. The normalized spacial score (nSPS) is 10.5. The number of carbonyl (C=O) groups excluding carboxylic acids is 2. The summed E-state index contributed by atoms with van der Waals surface area (Å²) >= 11 is 1.56. The van der Waals surface area contributed by atoms with Crippen molar-refractivity contribution in [1.29, 1.82) is 0 Å². The van der Waals surface area contributed by atoms with Gasteiger partial charge < -0.3 is 15.2 Å². The molecular weight excluding hydrogens is 374 g/mol. The minimum absolute atomic E-state index is 0.202. The molecule has 7 heteroatoms. The van der Waals surface area contributed by atoms with Gasteiger partial charge >= 0.3 is 0 Å². The third-order valence-electron chi connectivity index (χ3n) is 4.29. The first-order valence-corrected chi connectivity index (χ1v) is 9.75. The van der Waals surface area contributed by atoms with Gasteiger partial charge in [0.25, 0.3) is 11.8 Å². The van der Waals surface area contributed by atoms with Gasteiger partial charge in [0.2, 0.25) is 0 Å². The largest absolute Gasteiger partial charge is 0.361 e. The maximum atomic E-state index is 12.8. The summed E-state index contributed by atoms with van der Waals surface area (Å²) in [5, 5.41) is 9.42. The van der Waals surface area contributed by atoms with Gasteiger partial charge in [-0.15, -0.1) is 11.8 Å². The molecule has 3 aromatic rings. The summed E-state index contributed by atoms with van der Waals surface area (Å²) in [6.07, 6.45) is 0. The lowest BCUT2D eigenvalue weighted by Gasteiger charge is -2.11. The lowest BCUT2D eigenvalue weighted by atomic mass is 10.1. The van der Waals surface area contributed by atoms with Gasteiger partial charge in [-0.3, -0.25) is 9.59 Å². The van der Waals surface area contributed by atoms with E-state index in [-0.39, 0.29) is 11.8 Å². The molecule has 2 aromatic carbocycles. The second-order valence-corrected chi connectivity index (χ2v) is 7.22. The predicted molar refractivity (Wildman–Crippen MR) is 110 cm³/mol. The quantitative estimate of drug-likeness (QED) is 0.611. The number of hydrogen-bond donors (Lipinski definition) is 2. The Kier molecular flexibility index (Phi) is 6.16. The number of carbonyl (C=O) groups is 2. The Labute approximate surface area is 167 Å². The SMILES string of the molecule is CNC(=O)c1cccc(NC(=O)c2ccccc2SCc2c(C)noc2C)c1. The molecule has 0 atom stereocenters. The molecule has 1 aromatic heterocycles. The standard InChI is InChI=1S/C21H21N3O3S/c1-13-18(14(2)27-24-13)12-28-19-10-5-4-9-17(19)21(26)23-16-8-6-7-15(11-16)20(25)22-3/h4-11H,12H2,1-3H3,(H,22,25)(H,23,26). The number of rotatable bonds is 6. The molecule has 0 radical (unpaired) electrons. The molecule has 1 heterocycles. The van der Waals surface area contributed by atoms with Crippen molar-refractivity contribution in [3.8, 4) is 0 Å². The van der Waals surface area contributed by atoms with Crippen LogP contribution in [0.4, 0.5) is 5.69 Å². The summed E-state index contributed by atoms with van der Waals surface area (Å²) in [5.41, 5.74) is 3.53. The lowest BCUT2D eigenvalue weighted by molar-refractivity contribution is 0.0961. The second-order valence-electron chi connectivity index (χ2n) is 6.20. The summed E-state index contributed by atoms with van der Waals surface area (Å²) in [7, 11) is 1.57. The zero-order valence-corrected chi connectivity index (χ0v) is 16.7. The van der Waals surface area contributed by atoms with E-state index in [4.69, 9.17) is 4.52 Å². The van der Waals surface area contributed by atoms with Crippen molar-refractivity contribution >= 4 is 29.3 Å². The number of aromatic nitrogens is 1. The highest BCUT2D eigenvalue weighted by Gasteiger charge is 2.15. The highest BCUT2D eigenvalue weighted by Crippen LogP contribution is 2.29. The Morgan fingerprint density at radius 2 is 1.86 bits per heavy atom. The van der Waals surface area contributed by atoms with Gasteiger partial charge in [-0.25, -0.2) is 0 Å². The molecule has 3 rings (SSSR count). The lowest BCUT2D eigenvalue weighted by Crippen LogP contribution is -2.18. The van der Waals surface area contributed by atoms with Crippen molar-refractivity contribution in [1.82, 2.24) is 10.5 Å². The molecule has 6 nitrogen and oxygen atoms in total. The summed E-state index contributed by atoms with van der Waals surface area (Å²) in [6, 6.07) is 14.3. The van der Waals surface area contributed by atoms with Crippen molar-refractivity contribution < 1.29 is 14.1 Å². The monoisotopic (exact) mass is 395 g/mol. The van der Waals surface area contributed by atoms with Crippen molar-refractivity contribution in [2.24, 2.45) is 0 Å². The van der Waals surface area contributed by atoms with Crippen LogP contribution in [0.3, 0.4) is 0 Å². The topological polar surface area (TPSA) is 84.2 Å². The number of benzene rings is 2. The molecule has 0 bridgehead atoms. The average Bonchev–Trinajstić information content (AvgIpc) is 3.03. The van der Waals surface area contributed by atoms with Crippen LogP contribution in [-0.4, -0.2) is 24.0 Å². The van der Waals surface area contributed by atoms with E-state index in [0.29, 0.717) is 22.6 Å². The minimum atomic E-state index is -0.226. The van der Waals surface area contributed by atoms with Crippen LogP contribution in [0.2, 0.25) is 0 Å². The van der Waals surface area contributed by atoms with Gasteiger partial charge in [-0.1, -0.05) is 23.4 Å². The van der Waals surface area contributed by atoms with Gasteiger partial charge in [0.15, 0.2) is 0 Å². The second kappa shape index (κ2) is 8.75. The summed E-state index contributed by atoms with van der Waals surface area (Å²) < 4.78 is 5.20. The first-order chi connectivity index (χ1) is 13.5. The highest BCUT2D eigenvalue weighted by molar-refractivity contribution is 7.98. The van der Waals surface area contributed by atoms with E-state index in [1.165, 1.54) is 0 Å². The fourth-order valence-corrected chi connectivity index (χ4v) is 3.92. The number of thioether (sulfide) groups is 1. The summed E-state index contributed by atoms with van der Waals surface area (Å²) in [5.74, 6) is 1.03. The molecule has 0 saturated carbocycles. The van der Waals surface area contributed by atoms with Crippen molar-refractivity contribution in [3.05, 3.63) is 76.7 Å². The molecule has 0 saturated heterocycles. The summed E-state index contributed by atoms with van der Waals surface area (Å²) in [6.45, 7) is 3.79. The van der Waals surface area contributed by atoms with Crippen molar-refractivity contribution in [3.63, 3.8) is 0 Å². The number of hydrogen-bond acceptors (Lipinski definition) is 5. The van der Waals surface area contributed by atoms with E-state index >= 15 is 0 Å². The van der Waals surface area contributed by atoms with Gasteiger partial charge in [-0.2, -0.15) is 0 Å². The van der Waals surface area contributed by atoms with E-state index in [1.807, 2.05) is 32.0 Å². The number of nitrogens with one attached hydrogen (secondary N) is 2. The maximum Gasteiger partial charge on any atom is 0.256 e. The van der Waals surface area contributed by atoms with Crippen LogP contribution in [0.15, 0.2) is 57.9 Å². The zero-order chi connectivity index (χ0) is 20.1.